The first-order valence-corrected chi connectivity index (χ1v) is 6.41. The molecule has 0 radical (unpaired) electrons. The molecule has 21 heavy (non-hydrogen) atoms. The summed E-state index contributed by atoms with van der Waals surface area (Å²) in [7, 11) is 0. The first-order valence-electron chi connectivity index (χ1n) is 6.41. The fraction of sp³-hybridized carbons (Fsp3) is 0.0625. The largest absolute Gasteiger partial charge is 0.478 e. The maximum atomic E-state index is 11.8. The molecule has 0 aliphatic heterocycles. The van der Waals surface area contributed by atoms with Crippen LogP contribution in [0, 0.1) is 0 Å². The van der Waals surface area contributed by atoms with Crippen LogP contribution in [-0.2, 0) is 6.54 Å². The molecule has 2 aromatic heterocycles. The molecule has 0 saturated carbocycles. The highest BCUT2D eigenvalue weighted by Gasteiger charge is 2.06. The molecule has 0 aliphatic carbocycles. The van der Waals surface area contributed by atoms with Gasteiger partial charge in [-0.25, -0.2) is 4.79 Å². The first kappa shape index (κ1) is 13.1. The lowest BCUT2D eigenvalue weighted by atomic mass is 10.1. The van der Waals surface area contributed by atoms with E-state index < -0.39 is 5.97 Å². The third kappa shape index (κ3) is 2.67. The topological polar surface area (TPSA) is 72.2 Å². The lowest BCUT2D eigenvalue weighted by Gasteiger charge is -2.07. The number of hydrogen-bond donors (Lipinski definition) is 1. The van der Waals surface area contributed by atoms with Crippen molar-refractivity contribution in [1.29, 1.82) is 0 Å². The van der Waals surface area contributed by atoms with Crippen LogP contribution in [0.3, 0.4) is 0 Å². The summed E-state index contributed by atoms with van der Waals surface area (Å²) in [4.78, 5) is 27.0. The number of carboxylic acids is 1. The number of rotatable bonds is 3. The summed E-state index contributed by atoms with van der Waals surface area (Å²) < 4.78 is 1.39. The van der Waals surface area contributed by atoms with E-state index in [0.717, 1.165) is 16.5 Å². The van der Waals surface area contributed by atoms with E-state index in [1.165, 1.54) is 22.9 Å². The van der Waals surface area contributed by atoms with Gasteiger partial charge in [-0.3, -0.25) is 9.78 Å². The van der Waals surface area contributed by atoms with Crippen molar-refractivity contribution >= 4 is 16.9 Å². The molecular weight excluding hydrogens is 268 g/mol. The molecule has 0 spiro atoms. The van der Waals surface area contributed by atoms with Crippen LogP contribution in [-0.4, -0.2) is 20.6 Å². The van der Waals surface area contributed by atoms with Gasteiger partial charge in [0.25, 0.3) is 5.56 Å². The third-order valence-electron chi connectivity index (χ3n) is 3.25. The van der Waals surface area contributed by atoms with Crippen molar-refractivity contribution < 1.29 is 9.90 Å². The number of carbonyl (C=O) groups is 1. The van der Waals surface area contributed by atoms with E-state index in [4.69, 9.17) is 5.11 Å². The number of nitrogens with zero attached hydrogens (tertiary/aromatic N) is 2. The Bertz CT molecular complexity index is 884. The second-order valence-electron chi connectivity index (χ2n) is 4.72. The van der Waals surface area contributed by atoms with Crippen LogP contribution in [0.4, 0.5) is 0 Å². The minimum absolute atomic E-state index is 0.0945. The minimum atomic E-state index is -1.05. The number of pyridine rings is 2. The van der Waals surface area contributed by atoms with Crippen LogP contribution < -0.4 is 5.56 Å². The predicted octanol–water partition coefficient (Wildman–Crippen LogP) is 2.14. The first-order chi connectivity index (χ1) is 10.1. The van der Waals surface area contributed by atoms with Crippen molar-refractivity contribution in [1.82, 2.24) is 9.55 Å². The number of aromatic nitrogens is 2. The Kier molecular flexibility index (Phi) is 3.23. The molecule has 0 unspecified atom stereocenters. The van der Waals surface area contributed by atoms with E-state index in [0.29, 0.717) is 6.54 Å². The van der Waals surface area contributed by atoms with E-state index in [1.54, 1.807) is 6.20 Å². The lowest BCUT2D eigenvalue weighted by molar-refractivity contribution is 0.0696. The van der Waals surface area contributed by atoms with Gasteiger partial charge in [-0.1, -0.05) is 12.1 Å². The van der Waals surface area contributed by atoms with Crippen molar-refractivity contribution in [3.63, 3.8) is 0 Å². The van der Waals surface area contributed by atoms with Gasteiger partial charge in [-0.15, -0.1) is 0 Å². The van der Waals surface area contributed by atoms with E-state index in [-0.39, 0.29) is 11.1 Å². The summed E-state index contributed by atoms with van der Waals surface area (Å²) in [6.45, 7) is 0.324. The lowest BCUT2D eigenvalue weighted by Crippen LogP contribution is -2.20. The van der Waals surface area contributed by atoms with Crippen LogP contribution in [0.1, 0.15) is 15.9 Å². The average Bonchev–Trinajstić information content (AvgIpc) is 2.49. The molecule has 0 fully saturated rings. The van der Waals surface area contributed by atoms with Crippen molar-refractivity contribution in [2.75, 3.05) is 0 Å². The van der Waals surface area contributed by atoms with Crippen LogP contribution >= 0.6 is 0 Å². The van der Waals surface area contributed by atoms with Gasteiger partial charge < -0.3 is 9.67 Å². The standard InChI is InChI=1S/C16H12N2O3/c19-15-6-4-13(16(20)21)10-18(15)9-11-3-5-14-12(8-11)2-1-7-17-14/h1-8,10H,9H2,(H,20,21). The SMILES string of the molecule is O=C(O)c1ccc(=O)n(Cc2ccc3ncccc3c2)c1. The van der Waals surface area contributed by atoms with Gasteiger partial charge in [-0.05, 0) is 29.8 Å². The van der Waals surface area contributed by atoms with Crippen molar-refractivity contribution in [3.8, 4) is 0 Å². The van der Waals surface area contributed by atoms with Crippen LogP contribution in [0.2, 0.25) is 0 Å². The molecule has 0 bridgehead atoms. The van der Waals surface area contributed by atoms with Gasteiger partial charge in [0.05, 0.1) is 17.6 Å². The van der Waals surface area contributed by atoms with Gasteiger partial charge in [0.2, 0.25) is 0 Å². The molecule has 104 valence electrons. The number of carboxylic acid groups (broad SMARTS) is 1. The predicted molar refractivity (Wildman–Crippen MR) is 78.5 cm³/mol. The summed E-state index contributed by atoms with van der Waals surface area (Å²) in [6, 6.07) is 12.1. The zero-order chi connectivity index (χ0) is 14.8. The van der Waals surface area contributed by atoms with Crippen LogP contribution in [0.5, 0.6) is 0 Å². The monoisotopic (exact) mass is 280 g/mol. The summed E-state index contributed by atoms with van der Waals surface area (Å²) >= 11 is 0. The Morgan fingerprint density at radius 2 is 2.05 bits per heavy atom. The summed E-state index contributed by atoms with van der Waals surface area (Å²) in [6.07, 6.45) is 3.08. The zero-order valence-electron chi connectivity index (χ0n) is 11.1. The number of aromatic carboxylic acids is 1. The molecule has 1 N–H and O–H groups in total. The van der Waals surface area contributed by atoms with Gasteiger partial charge in [0.1, 0.15) is 0 Å². The molecule has 0 amide bonds. The Morgan fingerprint density at radius 3 is 2.86 bits per heavy atom. The van der Waals surface area contributed by atoms with Gasteiger partial charge in [0.15, 0.2) is 0 Å². The maximum absolute atomic E-state index is 11.8. The minimum Gasteiger partial charge on any atom is -0.478 e. The van der Waals surface area contributed by atoms with Crippen molar-refractivity contribution in [2.24, 2.45) is 0 Å². The molecule has 2 heterocycles. The normalized spacial score (nSPS) is 10.7. The van der Waals surface area contributed by atoms with E-state index in [2.05, 4.69) is 4.98 Å². The molecule has 5 heteroatoms. The highest BCUT2D eigenvalue weighted by molar-refractivity contribution is 5.87. The molecule has 3 aromatic rings. The average molecular weight is 280 g/mol. The second-order valence-corrected chi connectivity index (χ2v) is 4.72. The van der Waals surface area contributed by atoms with Crippen LogP contribution in [0.25, 0.3) is 10.9 Å². The zero-order valence-corrected chi connectivity index (χ0v) is 11.1. The summed E-state index contributed by atoms with van der Waals surface area (Å²) in [5.74, 6) is -1.05. The van der Waals surface area contributed by atoms with Gasteiger partial charge in [0, 0.05) is 23.8 Å². The van der Waals surface area contributed by atoms with E-state index in [9.17, 15) is 9.59 Å². The highest BCUT2D eigenvalue weighted by atomic mass is 16.4. The smallest absolute Gasteiger partial charge is 0.337 e. The summed E-state index contributed by atoms with van der Waals surface area (Å²) in [5, 5.41) is 9.97. The number of hydrogen-bond acceptors (Lipinski definition) is 3. The summed E-state index contributed by atoms with van der Waals surface area (Å²) in [5.41, 5.74) is 1.66. The van der Waals surface area contributed by atoms with Gasteiger partial charge in [-0.2, -0.15) is 0 Å². The van der Waals surface area contributed by atoms with Crippen LogP contribution in [0.15, 0.2) is 59.7 Å². The Hall–Kier alpha value is -2.95. The van der Waals surface area contributed by atoms with E-state index in [1.807, 2.05) is 30.3 Å². The third-order valence-corrected chi connectivity index (χ3v) is 3.25. The quantitative estimate of drug-likeness (QED) is 0.797. The Morgan fingerprint density at radius 1 is 1.19 bits per heavy atom. The number of fused-ring (bicyclic) bond motifs is 1. The maximum Gasteiger partial charge on any atom is 0.337 e. The Balaban J connectivity index is 2.00. The molecule has 0 saturated heterocycles. The molecule has 0 atom stereocenters. The fourth-order valence-electron chi connectivity index (χ4n) is 2.20. The Labute approximate surface area is 120 Å². The molecule has 3 rings (SSSR count). The fourth-order valence-corrected chi connectivity index (χ4v) is 2.20. The van der Waals surface area contributed by atoms with Gasteiger partial charge >= 0.3 is 5.97 Å². The van der Waals surface area contributed by atoms with Crippen molar-refractivity contribution in [2.45, 2.75) is 6.54 Å². The molecular formula is C16H12N2O3. The second kappa shape index (κ2) is 5.20. The highest BCUT2D eigenvalue weighted by Crippen LogP contribution is 2.14. The molecule has 1 aromatic carbocycles. The van der Waals surface area contributed by atoms with E-state index >= 15 is 0 Å². The van der Waals surface area contributed by atoms with Crippen molar-refractivity contribution in [3.05, 3.63) is 76.3 Å². The number of benzene rings is 1. The molecule has 5 nitrogen and oxygen atoms in total. The molecule has 0 aliphatic rings.